The summed E-state index contributed by atoms with van der Waals surface area (Å²) in [5.74, 6) is 1.10. The number of halogens is 1. The molecule has 2 aliphatic rings. The molecule has 2 fully saturated rings. The van der Waals surface area contributed by atoms with E-state index in [0.717, 1.165) is 18.7 Å². The van der Waals surface area contributed by atoms with Crippen molar-refractivity contribution in [1.29, 1.82) is 0 Å². The molecule has 0 N–H and O–H groups in total. The fourth-order valence-electron chi connectivity index (χ4n) is 3.44. The van der Waals surface area contributed by atoms with Crippen LogP contribution in [-0.2, 0) is 10.0 Å². The van der Waals surface area contributed by atoms with E-state index in [-0.39, 0.29) is 17.4 Å². The Labute approximate surface area is 155 Å². The molecule has 3 aromatic rings. The first kappa shape index (κ1) is 16.8. The highest BCUT2D eigenvalue weighted by molar-refractivity contribution is 7.89. The van der Waals surface area contributed by atoms with Gasteiger partial charge in [-0.3, -0.25) is 4.98 Å². The molecule has 7 nitrogen and oxygen atoms in total. The average molecular weight is 388 g/mol. The predicted molar refractivity (Wildman–Crippen MR) is 94.1 cm³/mol. The molecule has 0 radical (unpaired) electrons. The van der Waals surface area contributed by atoms with Gasteiger partial charge in [0.25, 0.3) is 0 Å². The molecule has 1 saturated heterocycles. The van der Waals surface area contributed by atoms with Gasteiger partial charge < -0.3 is 4.52 Å². The number of hydrogen-bond acceptors (Lipinski definition) is 6. The minimum absolute atomic E-state index is 0.0606. The predicted octanol–water partition coefficient (Wildman–Crippen LogP) is 2.81. The Bertz CT molecular complexity index is 1130. The maximum absolute atomic E-state index is 13.5. The van der Waals surface area contributed by atoms with Crippen molar-refractivity contribution >= 4 is 20.9 Å². The second-order valence-electron chi connectivity index (χ2n) is 7.12. The summed E-state index contributed by atoms with van der Waals surface area (Å²) in [5.41, 5.74) is 0.549. The number of pyridine rings is 1. The van der Waals surface area contributed by atoms with Crippen LogP contribution in [0.4, 0.5) is 4.39 Å². The van der Waals surface area contributed by atoms with Crippen LogP contribution in [0.3, 0.4) is 0 Å². The number of rotatable bonds is 4. The topological polar surface area (TPSA) is 89.2 Å². The van der Waals surface area contributed by atoms with Gasteiger partial charge in [-0.2, -0.15) is 9.29 Å². The quantitative estimate of drug-likeness (QED) is 0.683. The van der Waals surface area contributed by atoms with Crippen molar-refractivity contribution in [3.05, 3.63) is 48.0 Å². The van der Waals surface area contributed by atoms with Crippen molar-refractivity contribution in [3.8, 4) is 0 Å². The van der Waals surface area contributed by atoms with E-state index >= 15 is 0 Å². The normalized spacial score (nSPS) is 21.1. The molecule has 5 rings (SSSR count). The van der Waals surface area contributed by atoms with E-state index < -0.39 is 15.8 Å². The fraction of sp³-hybridized carbons (Fsp3) is 0.389. The summed E-state index contributed by atoms with van der Waals surface area (Å²) in [7, 11) is -3.72. The van der Waals surface area contributed by atoms with E-state index in [2.05, 4.69) is 15.1 Å². The highest BCUT2D eigenvalue weighted by Crippen LogP contribution is 2.39. The van der Waals surface area contributed by atoms with E-state index in [1.807, 2.05) is 0 Å². The smallest absolute Gasteiger partial charge is 0.244 e. The van der Waals surface area contributed by atoms with Gasteiger partial charge in [0.15, 0.2) is 5.82 Å². The Kier molecular flexibility index (Phi) is 3.76. The van der Waals surface area contributed by atoms with Crippen molar-refractivity contribution in [3.63, 3.8) is 0 Å². The van der Waals surface area contributed by atoms with Crippen LogP contribution in [0, 0.1) is 5.82 Å². The van der Waals surface area contributed by atoms with E-state index in [1.54, 1.807) is 0 Å². The van der Waals surface area contributed by atoms with E-state index in [9.17, 15) is 12.8 Å². The monoisotopic (exact) mass is 388 g/mol. The van der Waals surface area contributed by atoms with Crippen LogP contribution < -0.4 is 0 Å². The summed E-state index contributed by atoms with van der Waals surface area (Å²) in [6.07, 6.45) is 4.11. The lowest BCUT2D eigenvalue weighted by atomic mass is 10.1. The number of aromatic nitrogens is 3. The van der Waals surface area contributed by atoms with Gasteiger partial charge in [-0.05, 0) is 43.5 Å². The van der Waals surface area contributed by atoms with Crippen molar-refractivity contribution < 1.29 is 17.3 Å². The lowest BCUT2D eigenvalue weighted by Crippen LogP contribution is -2.28. The molecule has 9 heteroatoms. The van der Waals surface area contributed by atoms with Gasteiger partial charge in [-0.25, -0.2) is 12.8 Å². The first-order valence-electron chi connectivity index (χ1n) is 8.90. The Morgan fingerprint density at radius 1 is 1.15 bits per heavy atom. The van der Waals surface area contributed by atoms with Crippen LogP contribution >= 0.6 is 0 Å². The van der Waals surface area contributed by atoms with Gasteiger partial charge in [-0.15, -0.1) is 0 Å². The van der Waals surface area contributed by atoms with Crippen molar-refractivity contribution in [2.45, 2.75) is 36.0 Å². The second kappa shape index (κ2) is 6.07. The lowest BCUT2D eigenvalue weighted by molar-refractivity contribution is 0.350. The molecule has 2 aromatic heterocycles. The SMILES string of the molecule is O=S(=O)(c1cnc2ccc(F)cc2c1)N1CCC(c2nc(C3CC3)no2)C1. The molecule has 140 valence electrons. The van der Waals surface area contributed by atoms with Crippen LogP contribution in [0.5, 0.6) is 0 Å². The summed E-state index contributed by atoms with van der Waals surface area (Å²) in [6, 6.07) is 5.58. The summed E-state index contributed by atoms with van der Waals surface area (Å²) in [5, 5.41) is 4.47. The number of hydrogen-bond donors (Lipinski definition) is 0. The number of fused-ring (bicyclic) bond motifs is 1. The van der Waals surface area contributed by atoms with E-state index in [1.165, 1.54) is 34.8 Å². The maximum Gasteiger partial charge on any atom is 0.244 e. The van der Waals surface area contributed by atoms with Crippen LogP contribution in [0.15, 0.2) is 39.9 Å². The zero-order chi connectivity index (χ0) is 18.6. The minimum atomic E-state index is -3.72. The van der Waals surface area contributed by atoms with Crippen molar-refractivity contribution in [2.75, 3.05) is 13.1 Å². The highest BCUT2D eigenvalue weighted by atomic mass is 32.2. The van der Waals surface area contributed by atoms with E-state index in [0.29, 0.717) is 35.7 Å². The minimum Gasteiger partial charge on any atom is -0.339 e. The second-order valence-corrected chi connectivity index (χ2v) is 9.06. The largest absolute Gasteiger partial charge is 0.339 e. The molecular formula is C18H17FN4O3S. The number of sulfonamides is 1. The summed E-state index contributed by atoms with van der Waals surface area (Å²) in [6.45, 7) is 0.658. The molecule has 27 heavy (non-hydrogen) atoms. The first-order valence-corrected chi connectivity index (χ1v) is 10.3. The number of nitrogens with zero attached hydrogens (tertiary/aromatic N) is 4. The number of benzene rings is 1. The first-order chi connectivity index (χ1) is 13.0. The molecule has 1 aliphatic carbocycles. The van der Waals surface area contributed by atoms with Crippen LogP contribution in [0.25, 0.3) is 10.9 Å². The Morgan fingerprint density at radius 3 is 2.81 bits per heavy atom. The molecule has 0 spiro atoms. The zero-order valence-corrected chi connectivity index (χ0v) is 15.2. The molecule has 1 aliphatic heterocycles. The maximum atomic E-state index is 13.5. The van der Waals surface area contributed by atoms with Gasteiger partial charge in [0.05, 0.1) is 11.4 Å². The molecule has 3 heterocycles. The van der Waals surface area contributed by atoms with Crippen molar-refractivity contribution in [2.24, 2.45) is 0 Å². The summed E-state index contributed by atoms with van der Waals surface area (Å²) < 4.78 is 46.2. The van der Waals surface area contributed by atoms with Gasteiger partial charge in [0.2, 0.25) is 15.9 Å². The molecule has 0 bridgehead atoms. The van der Waals surface area contributed by atoms with Crippen LogP contribution in [0.1, 0.15) is 42.8 Å². The van der Waals surface area contributed by atoms with Gasteiger partial charge in [0, 0.05) is 30.6 Å². The molecule has 1 saturated carbocycles. The molecule has 1 unspecified atom stereocenters. The summed E-state index contributed by atoms with van der Waals surface area (Å²) in [4.78, 5) is 8.65. The third kappa shape index (κ3) is 3.00. The van der Waals surface area contributed by atoms with E-state index in [4.69, 9.17) is 4.52 Å². The lowest BCUT2D eigenvalue weighted by Gasteiger charge is -2.16. The average Bonchev–Trinajstić information content (AvgIpc) is 3.18. The summed E-state index contributed by atoms with van der Waals surface area (Å²) >= 11 is 0. The fourth-order valence-corrected chi connectivity index (χ4v) is 4.92. The Balaban J connectivity index is 1.40. The molecule has 1 aromatic carbocycles. The van der Waals surface area contributed by atoms with Gasteiger partial charge in [0.1, 0.15) is 10.7 Å². The third-order valence-electron chi connectivity index (χ3n) is 5.16. The zero-order valence-electron chi connectivity index (χ0n) is 14.4. The molecule has 1 atom stereocenters. The van der Waals surface area contributed by atoms with Gasteiger partial charge in [-0.1, -0.05) is 5.16 Å². The molecule has 0 amide bonds. The Hall–Kier alpha value is -2.39. The van der Waals surface area contributed by atoms with Crippen LogP contribution in [-0.4, -0.2) is 40.9 Å². The Morgan fingerprint density at radius 2 is 2.00 bits per heavy atom. The van der Waals surface area contributed by atoms with Crippen molar-refractivity contribution in [1.82, 2.24) is 19.4 Å². The highest BCUT2D eigenvalue weighted by Gasteiger charge is 2.37. The standard InChI is InChI=1S/C18H17FN4O3S/c19-14-3-4-16-13(7-14)8-15(9-20-16)27(24,25)23-6-5-12(10-23)18-21-17(22-26-18)11-1-2-11/h3-4,7-9,11-12H,1-2,5-6,10H2. The van der Waals surface area contributed by atoms with Crippen LogP contribution in [0.2, 0.25) is 0 Å². The molecular weight excluding hydrogens is 371 g/mol. The third-order valence-corrected chi connectivity index (χ3v) is 6.99. The van der Waals surface area contributed by atoms with Gasteiger partial charge >= 0.3 is 0 Å².